The van der Waals surface area contributed by atoms with E-state index >= 15 is 0 Å². The largest absolute Gasteiger partial charge is 0.496 e. The fourth-order valence-corrected chi connectivity index (χ4v) is 3.16. The van der Waals surface area contributed by atoms with Gasteiger partial charge in [0.05, 0.1) is 7.11 Å². The number of methoxy groups -OCH3 is 1. The van der Waals surface area contributed by atoms with Crippen LogP contribution in [0.4, 0.5) is 0 Å². The van der Waals surface area contributed by atoms with Crippen molar-refractivity contribution >= 4 is 10.9 Å². The summed E-state index contributed by atoms with van der Waals surface area (Å²) in [5.74, 6) is 0.974. The second-order valence-electron chi connectivity index (χ2n) is 6.38. The number of nitrogens with one attached hydrogen (secondary N) is 1. The normalized spacial score (nSPS) is 12.0. The lowest BCUT2D eigenvalue weighted by Crippen LogP contribution is -2.38. The van der Waals surface area contributed by atoms with Crippen molar-refractivity contribution in [1.29, 1.82) is 0 Å². The summed E-state index contributed by atoms with van der Waals surface area (Å²) in [7, 11) is 1.75. The van der Waals surface area contributed by atoms with Gasteiger partial charge in [0.25, 0.3) is 0 Å². The SMILES string of the molecule is COc1cc(C)cc2[nH]cc(CCN(C(C)C)C(C)C)c12. The van der Waals surface area contributed by atoms with E-state index in [1.807, 2.05) is 0 Å². The van der Waals surface area contributed by atoms with E-state index in [1.165, 1.54) is 22.0 Å². The van der Waals surface area contributed by atoms with E-state index < -0.39 is 0 Å². The number of hydrogen-bond acceptors (Lipinski definition) is 2. The molecular formula is C18H28N2O. The lowest BCUT2D eigenvalue weighted by atomic mass is 10.1. The van der Waals surface area contributed by atoms with E-state index in [0.29, 0.717) is 12.1 Å². The fourth-order valence-electron chi connectivity index (χ4n) is 3.16. The number of benzene rings is 1. The molecule has 0 bridgehead atoms. The molecule has 0 fully saturated rings. The molecule has 116 valence electrons. The van der Waals surface area contributed by atoms with E-state index in [-0.39, 0.29) is 0 Å². The molecule has 1 heterocycles. The number of H-pyrrole nitrogens is 1. The highest BCUT2D eigenvalue weighted by Gasteiger charge is 2.15. The summed E-state index contributed by atoms with van der Waals surface area (Å²) in [6.07, 6.45) is 3.17. The standard InChI is InChI=1S/C18H28N2O/c1-12(2)20(13(3)4)8-7-15-11-19-16-9-14(5)10-17(21-6)18(15)16/h9-13,19H,7-8H2,1-6H3. The number of aromatic nitrogens is 1. The van der Waals surface area contributed by atoms with Crippen molar-refractivity contribution in [1.82, 2.24) is 9.88 Å². The number of aryl methyl sites for hydroxylation is 1. The third kappa shape index (κ3) is 3.41. The van der Waals surface area contributed by atoms with Gasteiger partial charge < -0.3 is 9.72 Å². The van der Waals surface area contributed by atoms with Crippen molar-refractivity contribution in [2.24, 2.45) is 0 Å². The molecule has 0 spiro atoms. The van der Waals surface area contributed by atoms with E-state index in [9.17, 15) is 0 Å². The van der Waals surface area contributed by atoms with Crippen molar-refractivity contribution in [2.45, 2.75) is 53.1 Å². The minimum atomic E-state index is 0.569. The zero-order chi connectivity index (χ0) is 15.6. The molecular weight excluding hydrogens is 260 g/mol. The molecule has 0 amide bonds. The monoisotopic (exact) mass is 288 g/mol. The van der Waals surface area contributed by atoms with Gasteiger partial charge in [0.15, 0.2) is 0 Å². The highest BCUT2D eigenvalue weighted by molar-refractivity contribution is 5.90. The molecule has 1 aromatic carbocycles. The summed E-state index contributed by atoms with van der Waals surface area (Å²) in [6.45, 7) is 12.2. The Morgan fingerprint density at radius 2 is 1.81 bits per heavy atom. The van der Waals surface area contributed by atoms with Crippen LogP contribution in [0.1, 0.15) is 38.8 Å². The molecule has 21 heavy (non-hydrogen) atoms. The Labute approximate surface area is 128 Å². The topological polar surface area (TPSA) is 28.3 Å². The fraction of sp³-hybridized carbons (Fsp3) is 0.556. The van der Waals surface area contributed by atoms with Gasteiger partial charge in [0, 0.05) is 35.7 Å². The molecule has 1 N–H and O–H groups in total. The van der Waals surface area contributed by atoms with Crippen LogP contribution in [0, 0.1) is 6.92 Å². The number of hydrogen-bond donors (Lipinski definition) is 1. The quantitative estimate of drug-likeness (QED) is 0.865. The van der Waals surface area contributed by atoms with Crippen LogP contribution >= 0.6 is 0 Å². The predicted molar refractivity (Wildman–Crippen MR) is 90.3 cm³/mol. The van der Waals surface area contributed by atoms with Gasteiger partial charge in [-0.2, -0.15) is 0 Å². The molecule has 3 nitrogen and oxygen atoms in total. The first-order chi connectivity index (χ1) is 9.93. The highest BCUT2D eigenvalue weighted by atomic mass is 16.5. The first-order valence-corrected chi connectivity index (χ1v) is 7.84. The second-order valence-corrected chi connectivity index (χ2v) is 6.38. The third-order valence-corrected chi connectivity index (χ3v) is 4.16. The summed E-state index contributed by atoms with van der Waals surface area (Å²) in [6, 6.07) is 5.44. The molecule has 1 aromatic heterocycles. The number of aromatic amines is 1. The van der Waals surface area contributed by atoms with Crippen molar-refractivity contribution < 1.29 is 4.74 Å². The number of ether oxygens (including phenoxy) is 1. The Kier molecular flexibility index (Phi) is 4.94. The maximum Gasteiger partial charge on any atom is 0.128 e. The lowest BCUT2D eigenvalue weighted by Gasteiger charge is -2.30. The average molecular weight is 288 g/mol. The Balaban J connectivity index is 2.27. The molecule has 0 saturated heterocycles. The summed E-state index contributed by atoms with van der Waals surface area (Å²) >= 11 is 0. The van der Waals surface area contributed by atoms with E-state index in [0.717, 1.165) is 18.7 Å². The van der Waals surface area contributed by atoms with Gasteiger partial charge in [0.2, 0.25) is 0 Å². The first-order valence-electron chi connectivity index (χ1n) is 7.84. The summed E-state index contributed by atoms with van der Waals surface area (Å²) in [5.41, 5.74) is 3.73. The van der Waals surface area contributed by atoms with Crippen LogP contribution in [0.25, 0.3) is 10.9 Å². The van der Waals surface area contributed by atoms with Gasteiger partial charge in [-0.1, -0.05) is 0 Å². The number of fused-ring (bicyclic) bond motifs is 1. The molecule has 0 unspecified atom stereocenters. The zero-order valence-corrected chi connectivity index (χ0v) is 14.2. The molecule has 2 rings (SSSR count). The van der Waals surface area contributed by atoms with Crippen LogP contribution < -0.4 is 4.74 Å². The van der Waals surface area contributed by atoms with Crippen LogP contribution in [0.2, 0.25) is 0 Å². The van der Waals surface area contributed by atoms with Gasteiger partial charge in [-0.05, 0) is 64.3 Å². The van der Waals surface area contributed by atoms with Crippen LogP contribution in [-0.4, -0.2) is 35.6 Å². The van der Waals surface area contributed by atoms with Crippen molar-refractivity contribution in [3.63, 3.8) is 0 Å². The van der Waals surface area contributed by atoms with Gasteiger partial charge >= 0.3 is 0 Å². The van der Waals surface area contributed by atoms with Crippen LogP contribution in [0.15, 0.2) is 18.3 Å². The molecule has 0 atom stereocenters. The Bertz CT molecular complexity index is 591. The highest BCUT2D eigenvalue weighted by Crippen LogP contribution is 2.30. The van der Waals surface area contributed by atoms with Crippen molar-refractivity contribution in [3.8, 4) is 5.75 Å². The molecule has 3 heteroatoms. The van der Waals surface area contributed by atoms with Gasteiger partial charge in [-0.3, -0.25) is 4.90 Å². The van der Waals surface area contributed by atoms with Gasteiger partial charge in [-0.15, -0.1) is 0 Å². The minimum absolute atomic E-state index is 0.569. The molecule has 2 aromatic rings. The van der Waals surface area contributed by atoms with E-state index in [2.05, 4.69) is 62.8 Å². The van der Waals surface area contributed by atoms with Crippen LogP contribution in [0.5, 0.6) is 5.75 Å². The summed E-state index contributed by atoms with van der Waals surface area (Å²) in [4.78, 5) is 5.91. The first kappa shape index (κ1) is 15.9. The molecule has 0 aliphatic rings. The van der Waals surface area contributed by atoms with Crippen molar-refractivity contribution in [2.75, 3.05) is 13.7 Å². The maximum atomic E-state index is 5.58. The van der Waals surface area contributed by atoms with Crippen LogP contribution in [0.3, 0.4) is 0 Å². The number of nitrogens with zero attached hydrogens (tertiary/aromatic N) is 1. The molecule has 0 saturated carbocycles. The van der Waals surface area contributed by atoms with E-state index in [4.69, 9.17) is 4.74 Å². The summed E-state index contributed by atoms with van der Waals surface area (Å²) in [5, 5.41) is 1.23. The Hall–Kier alpha value is -1.48. The van der Waals surface area contributed by atoms with E-state index in [1.54, 1.807) is 7.11 Å². The van der Waals surface area contributed by atoms with Crippen molar-refractivity contribution in [3.05, 3.63) is 29.5 Å². The molecule has 0 aliphatic carbocycles. The minimum Gasteiger partial charge on any atom is -0.496 e. The zero-order valence-electron chi connectivity index (χ0n) is 14.2. The Morgan fingerprint density at radius 3 is 2.38 bits per heavy atom. The number of rotatable bonds is 6. The van der Waals surface area contributed by atoms with Gasteiger partial charge in [0.1, 0.15) is 5.75 Å². The Morgan fingerprint density at radius 1 is 1.14 bits per heavy atom. The smallest absolute Gasteiger partial charge is 0.128 e. The second kappa shape index (κ2) is 6.52. The van der Waals surface area contributed by atoms with Crippen LogP contribution in [-0.2, 0) is 6.42 Å². The predicted octanol–water partition coefficient (Wildman–Crippen LogP) is 4.15. The third-order valence-electron chi connectivity index (χ3n) is 4.16. The lowest BCUT2D eigenvalue weighted by molar-refractivity contribution is 0.177. The molecule has 0 radical (unpaired) electrons. The van der Waals surface area contributed by atoms with Gasteiger partial charge in [-0.25, -0.2) is 0 Å². The molecule has 0 aliphatic heterocycles. The summed E-state index contributed by atoms with van der Waals surface area (Å²) < 4.78 is 5.58. The maximum absolute atomic E-state index is 5.58. The average Bonchev–Trinajstić information content (AvgIpc) is 2.80.